The van der Waals surface area contributed by atoms with Gasteiger partial charge in [0.2, 0.25) is 0 Å². The molecule has 3 N–H and O–H groups in total. The highest BCUT2D eigenvalue weighted by Gasteiger charge is 2.45. The zero-order valence-electron chi connectivity index (χ0n) is 12.3. The number of hydrogen-bond acceptors (Lipinski definition) is 3. The summed E-state index contributed by atoms with van der Waals surface area (Å²) in [4.78, 5) is 2.53. The van der Waals surface area contributed by atoms with Gasteiger partial charge in [0.15, 0.2) is 0 Å². The average molecular weight is 254 g/mol. The first-order chi connectivity index (χ1) is 8.37. The van der Waals surface area contributed by atoms with Crippen LogP contribution in [0.2, 0.25) is 0 Å². The van der Waals surface area contributed by atoms with Crippen molar-refractivity contribution in [1.29, 1.82) is 0 Å². The van der Waals surface area contributed by atoms with Gasteiger partial charge in [0, 0.05) is 31.6 Å². The van der Waals surface area contributed by atoms with Crippen molar-refractivity contribution >= 4 is 0 Å². The Morgan fingerprint density at radius 2 is 2.06 bits per heavy atom. The van der Waals surface area contributed by atoms with Crippen LogP contribution < -0.4 is 5.73 Å². The smallest absolute Gasteiger partial charge is 0.0700 e. The summed E-state index contributed by atoms with van der Waals surface area (Å²) in [5.41, 5.74) is 5.84. The molecule has 18 heavy (non-hydrogen) atoms. The van der Waals surface area contributed by atoms with E-state index >= 15 is 0 Å². The van der Waals surface area contributed by atoms with Crippen LogP contribution in [-0.2, 0) is 0 Å². The van der Waals surface area contributed by atoms with E-state index in [1.54, 1.807) is 0 Å². The Morgan fingerprint density at radius 3 is 2.67 bits per heavy atom. The van der Waals surface area contributed by atoms with E-state index in [1.807, 2.05) is 0 Å². The molecule has 1 saturated heterocycles. The number of nitrogens with two attached hydrogens (primary N) is 1. The van der Waals surface area contributed by atoms with Crippen molar-refractivity contribution in [2.45, 2.75) is 64.5 Å². The third-order valence-corrected chi connectivity index (χ3v) is 5.12. The molecule has 0 bridgehead atoms. The van der Waals surface area contributed by atoms with Crippen LogP contribution in [0.25, 0.3) is 0 Å². The molecule has 0 aromatic carbocycles. The van der Waals surface area contributed by atoms with Gasteiger partial charge in [-0.1, -0.05) is 33.6 Å². The SMILES string of the molecule is CC(C)(C)C(CN)N1CCC2(O)CCCCC2C1. The third-order valence-electron chi connectivity index (χ3n) is 5.12. The average Bonchev–Trinajstić information content (AvgIpc) is 2.28. The van der Waals surface area contributed by atoms with Gasteiger partial charge in [0.1, 0.15) is 0 Å². The molecule has 2 rings (SSSR count). The maximum atomic E-state index is 10.7. The quantitative estimate of drug-likeness (QED) is 0.792. The van der Waals surface area contributed by atoms with Crippen LogP contribution >= 0.6 is 0 Å². The Balaban J connectivity index is 2.06. The zero-order valence-corrected chi connectivity index (χ0v) is 12.3. The van der Waals surface area contributed by atoms with E-state index in [-0.39, 0.29) is 11.0 Å². The number of piperidine rings is 1. The lowest BCUT2D eigenvalue weighted by Crippen LogP contribution is -2.59. The number of nitrogens with zero attached hydrogens (tertiary/aromatic N) is 1. The highest BCUT2D eigenvalue weighted by atomic mass is 16.3. The molecule has 1 heterocycles. The summed E-state index contributed by atoms with van der Waals surface area (Å²) >= 11 is 0. The van der Waals surface area contributed by atoms with Gasteiger partial charge < -0.3 is 10.8 Å². The number of fused-ring (bicyclic) bond motifs is 1. The zero-order chi connectivity index (χ0) is 13.4. The topological polar surface area (TPSA) is 49.5 Å². The molecule has 1 saturated carbocycles. The van der Waals surface area contributed by atoms with Gasteiger partial charge in [-0.25, -0.2) is 0 Å². The molecule has 2 fully saturated rings. The van der Waals surface area contributed by atoms with E-state index in [9.17, 15) is 5.11 Å². The number of hydrogen-bond donors (Lipinski definition) is 2. The van der Waals surface area contributed by atoms with Gasteiger partial charge in [-0.15, -0.1) is 0 Å². The second kappa shape index (κ2) is 5.10. The first-order valence-corrected chi connectivity index (χ1v) is 7.53. The van der Waals surface area contributed by atoms with Crippen molar-refractivity contribution in [3.8, 4) is 0 Å². The van der Waals surface area contributed by atoms with Gasteiger partial charge >= 0.3 is 0 Å². The molecular formula is C15H30N2O. The molecular weight excluding hydrogens is 224 g/mol. The van der Waals surface area contributed by atoms with E-state index in [2.05, 4.69) is 25.7 Å². The Hall–Kier alpha value is -0.120. The maximum absolute atomic E-state index is 10.7. The van der Waals surface area contributed by atoms with Crippen molar-refractivity contribution < 1.29 is 5.11 Å². The van der Waals surface area contributed by atoms with Gasteiger partial charge in [0.05, 0.1) is 5.60 Å². The lowest BCUT2D eigenvalue weighted by atomic mass is 9.70. The van der Waals surface area contributed by atoms with Crippen LogP contribution in [0.5, 0.6) is 0 Å². The van der Waals surface area contributed by atoms with E-state index < -0.39 is 0 Å². The van der Waals surface area contributed by atoms with Crippen LogP contribution in [0.4, 0.5) is 0 Å². The van der Waals surface area contributed by atoms with E-state index in [1.165, 1.54) is 19.3 Å². The van der Waals surface area contributed by atoms with Gasteiger partial charge in [-0.05, 0) is 24.7 Å². The predicted octanol–water partition coefficient (Wildman–Crippen LogP) is 1.99. The molecule has 3 atom stereocenters. The molecule has 0 radical (unpaired) electrons. The van der Waals surface area contributed by atoms with Crippen LogP contribution in [0.15, 0.2) is 0 Å². The summed E-state index contributed by atoms with van der Waals surface area (Å²) in [5, 5.41) is 10.7. The summed E-state index contributed by atoms with van der Waals surface area (Å²) in [6.07, 6.45) is 5.61. The molecule has 1 aliphatic heterocycles. The molecule has 3 heteroatoms. The van der Waals surface area contributed by atoms with Crippen molar-refractivity contribution in [3.05, 3.63) is 0 Å². The number of aliphatic hydroxyl groups is 1. The second-order valence-electron chi connectivity index (χ2n) is 7.41. The molecule has 2 aliphatic rings. The maximum Gasteiger partial charge on any atom is 0.0700 e. The fourth-order valence-electron chi connectivity index (χ4n) is 3.93. The Kier molecular flexibility index (Phi) is 4.05. The molecule has 0 amide bonds. The summed E-state index contributed by atoms with van der Waals surface area (Å²) in [6, 6.07) is 0.434. The van der Waals surface area contributed by atoms with Crippen molar-refractivity contribution in [2.75, 3.05) is 19.6 Å². The van der Waals surface area contributed by atoms with Crippen molar-refractivity contribution in [2.24, 2.45) is 17.1 Å². The van der Waals surface area contributed by atoms with Crippen LogP contribution in [0.1, 0.15) is 52.9 Å². The fourth-order valence-corrected chi connectivity index (χ4v) is 3.93. The third kappa shape index (κ3) is 2.73. The Bertz CT molecular complexity index is 287. The summed E-state index contributed by atoms with van der Waals surface area (Å²) < 4.78 is 0. The Morgan fingerprint density at radius 1 is 1.33 bits per heavy atom. The van der Waals surface area contributed by atoms with E-state index in [4.69, 9.17) is 5.73 Å². The highest BCUT2D eigenvalue weighted by Crippen LogP contribution is 2.41. The van der Waals surface area contributed by atoms with Crippen LogP contribution in [0.3, 0.4) is 0 Å². The Labute approximate surface area is 112 Å². The minimum atomic E-state index is -0.369. The minimum absolute atomic E-state index is 0.221. The fraction of sp³-hybridized carbons (Fsp3) is 1.00. The monoisotopic (exact) mass is 254 g/mol. The van der Waals surface area contributed by atoms with Gasteiger partial charge in [-0.2, -0.15) is 0 Å². The molecule has 106 valence electrons. The van der Waals surface area contributed by atoms with Crippen LogP contribution in [-0.4, -0.2) is 41.3 Å². The minimum Gasteiger partial charge on any atom is -0.390 e. The van der Waals surface area contributed by atoms with Crippen molar-refractivity contribution in [3.63, 3.8) is 0 Å². The number of likely N-dealkylation sites (tertiary alicyclic amines) is 1. The summed E-state index contributed by atoms with van der Waals surface area (Å²) in [5.74, 6) is 0.469. The number of rotatable bonds is 2. The molecule has 0 aromatic rings. The molecule has 0 aromatic heterocycles. The predicted molar refractivity (Wildman–Crippen MR) is 75.4 cm³/mol. The standard InChI is InChI=1S/C15H30N2O/c1-14(2,3)13(10-16)17-9-8-15(18)7-5-4-6-12(15)11-17/h12-13,18H,4-11,16H2,1-3H3. The molecule has 3 nitrogen and oxygen atoms in total. The first kappa shape index (κ1) is 14.3. The first-order valence-electron chi connectivity index (χ1n) is 7.53. The molecule has 1 aliphatic carbocycles. The lowest BCUT2D eigenvalue weighted by molar-refractivity contribution is -0.109. The van der Waals surface area contributed by atoms with Crippen LogP contribution in [0, 0.1) is 11.3 Å². The van der Waals surface area contributed by atoms with Crippen molar-refractivity contribution in [1.82, 2.24) is 4.90 Å². The second-order valence-corrected chi connectivity index (χ2v) is 7.41. The van der Waals surface area contributed by atoms with Gasteiger partial charge in [-0.3, -0.25) is 4.90 Å². The summed E-state index contributed by atoms with van der Waals surface area (Å²) in [6.45, 7) is 9.57. The highest BCUT2D eigenvalue weighted by molar-refractivity contribution is 4.98. The lowest BCUT2D eigenvalue weighted by Gasteiger charge is -2.51. The molecule has 3 unspecified atom stereocenters. The largest absolute Gasteiger partial charge is 0.390 e. The summed E-state index contributed by atoms with van der Waals surface area (Å²) in [7, 11) is 0. The van der Waals surface area contributed by atoms with Gasteiger partial charge in [0.25, 0.3) is 0 Å². The van der Waals surface area contributed by atoms with E-state index in [0.717, 1.165) is 25.9 Å². The normalized spacial score (nSPS) is 36.2. The molecule has 0 spiro atoms. The van der Waals surface area contributed by atoms with E-state index in [0.29, 0.717) is 18.5 Å².